The summed E-state index contributed by atoms with van der Waals surface area (Å²) < 4.78 is 7.41. The Balaban J connectivity index is 1.03. The molecule has 445 valence electrons. The van der Waals surface area contributed by atoms with Crippen LogP contribution in [0.15, 0.2) is 291 Å². The zero-order valence-electron chi connectivity index (χ0n) is 54.1. The largest absolute Gasteiger partial charge is 0.458 e. The zero-order chi connectivity index (χ0) is 63.3. The van der Waals surface area contributed by atoms with E-state index in [1.54, 1.807) is 0 Å². The van der Waals surface area contributed by atoms with Gasteiger partial charge in [0.2, 0.25) is 13.4 Å². The van der Waals surface area contributed by atoms with Gasteiger partial charge in [0.05, 0.1) is 0 Å². The van der Waals surface area contributed by atoms with Crippen molar-refractivity contribution >= 4 is 122 Å². The number of hydrogen-bond donors (Lipinski definition) is 0. The highest BCUT2D eigenvalue weighted by atomic mass is 16.5. The van der Waals surface area contributed by atoms with Gasteiger partial charge in [-0.05, 0) is 148 Å². The lowest BCUT2D eigenvalue weighted by atomic mass is 9.29. The molecule has 4 aliphatic heterocycles. The molecule has 0 atom stereocenters. The number of hydrogen-bond acceptors (Lipinski definition) is 3. The van der Waals surface area contributed by atoms with E-state index in [0.717, 1.165) is 39.7 Å². The quantitative estimate of drug-likeness (QED) is 0.120. The topological polar surface area (TPSA) is 15.7 Å². The summed E-state index contributed by atoms with van der Waals surface area (Å²) in [5.74, 6) is 2.76. The van der Waals surface area contributed by atoms with E-state index >= 15 is 0 Å². The number of rotatable bonds is 11. The van der Waals surface area contributed by atoms with Crippen molar-refractivity contribution in [2.24, 2.45) is 0 Å². The fourth-order valence-corrected chi connectivity index (χ4v) is 16.3. The first kappa shape index (κ1) is 57.4. The van der Waals surface area contributed by atoms with Crippen LogP contribution in [-0.2, 0) is 0 Å². The number of nitrogens with zero attached hydrogens (tertiary/aromatic N) is 2. The standard InChI is InChI=1S/C87H69B4N2O/c1-55(2)62-50-68(56(3)4)85(69(51-62)57(5)6)91-73-46-24-27-49-80(73)94-81-54-79-70(52-74(81)91)88-82-86-75(53-76-87(82)93(79)78-48-26-23-45-72(78)90(76)84-66(60-34-16-9-17-35-60)42-29-43-67(84)61-36-18-10-19-37-61)89(71-44-22-25-47-77(71)92(86)63-38-20-11-21-39-63)83-64(58-30-12-7-13-31-58)40-28-41-65(83)59-32-14-8-15-33-59/h7-57H,1-6H3. The predicted octanol–water partition coefficient (Wildman–Crippen LogP) is 14.9. The maximum Gasteiger partial charge on any atom is 0.251 e. The first-order valence-corrected chi connectivity index (χ1v) is 33.7. The minimum absolute atomic E-state index is 0.0943. The van der Waals surface area contributed by atoms with Crippen LogP contribution in [-0.4, -0.2) is 27.4 Å². The molecule has 0 aliphatic carbocycles. The van der Waals surface area contributed by atoms with Gasteiger partial charge in [0.15, 0.2) is 7.28 Å². The van der Waals surface area contributed by atoms with Crippen molar-refractivity contribution < 1.29 is 4.74 Å². The molecule has 13 aromatic rings. The molecule has 0 aromatic heterocycles. The van der Waals surface area contributed by atoms with E-state index in [1.807, 2.05) is 0 Å². The summed E-state index contributed by atoms with van der Waals surface area (Å²) in [5, 5.41) is 0. The molecule has 0 saturated carbocycles. The van der Waals surface area contributed by atoms with E-state index < -0.39 is 0 Å². The number of fused-ring (bicyclic) bond motifs is 9. The third-order valence-electron chi connectivity index (χ3n) is 20.5. The molecule has 7 heteroatoms. The Hall–Kier alpha value is -10.5. The fraction of sp³-hybridized carbons (Fsp3) is 0.103. The Morgan fingerprint density at radius 3 is 1.18 bits per heavy atom. The number of ether oxygens (including phenoxy) is 1. The highest BCUT2D eigenvalue weighted by molar-refractivity contribution is 7.04. The summed E-state index contributed by atoms with van der Waals surface area (Å²) in [4.78, 5) is 5.24. The second-order valence-corrected chi connectivity index (χ2v) is 26.9. The van der Waals surface area contributed by atoms with Crippen LogP contribution >= 0.6 is 0 Å². The fourth-order valence-electron chi connectivity index (χ4n) is 16.3. The maximum atomic E-state index is 7.41. The molecule has 3 nitrogen and oxygen atoms in total. The first-order valence-electron chi connectivity index (χ1n) is 33.7. The third kappa shape index (κ3) is 9.29. The lowest BCUT2D eigenvalue weighted by Crippen LogP contribution is -2.66. The minimum Gasteiger partial charge on any atom is -0.458 e. The lowest BCUT2D eigenvalue weighted by molar-refractivity contribution is 0.487. The molecule has 0 fully saturated rings. The Bertz CT molecular complexity index is 4950. The summed E-state index contributed by atoms with van der Waals surface area (Å²) in [7, 11) is 2.59. The van der Waals surface area contributed by atoms with Crippen LogP contribution < -0.4 is 74.6 Å². The molecule has 0 spiro atoms. The molecule has 4 aliphatic rings. The number of anilines is 6. The summed E-state index contributed by atoms with van der Waals surface area (Å²) in [6.07, 6.45) is 0. The molecule has 0 amide bonds. The lowest BCUT2D eigenvalue weighted by Gasteiger charge is -2.47. The smallest absolute Gasteiger partial charge is 0.251 e. The summed E-state index contributed by atoms with van der Waals surface area (Å²) in [6, 6.07) is 110. The molecule has 17 rings (SSSR count). The van der Waals surface area contributed by atoms with Gasteiger partial charge in [0, 0.05) is 40.2 Å². The van der Waals surface area contributed by atoms with Crippen molar-refractivity contribution in [1.29, 1.82) is 0 Å². The van der Waals surface area contributed by atoms with Gasteiger partial charge in [-0.25, -0.2) is 0 Å². The molecule has 1 radical (unpaired) electrons. The average molecular weight is 1200 g/mol. The van der Waals surface area contributed by atoms with E-state index in [4.69, 9.17) is 4.74 Å². The van der Waals surface area contributed by atoms with E-state index in [9.17, 15) is 0 Å². The molecule has 0 unspecified atom stereocenters. The van der Waals surface area contributed by atoms with Gasteiger partial charge >= 0.3 is 0 Å². The second kappa shape index (κ2) is 23.3. The zero-order valence-corrected chi connectivity index (χ0v) is 54.1. The van der Waals surface area contributed by atoms with E-state index in [0.29, 0.717) is 5.92 Å². The van der Waals surface area contributed by atoms with Crippen LogP contribution in [0, 0.1) is 0 Å². The van der Waals surface area contributed by atoms with Crippen molar-refractivity contribution in [3.8, 4) is 56.0 Å². The Morgan fingerprint density at radius 2 is 0.713 bits per heavy atom. The van der Waals surface area contributed by atoms with Gasteiger partial charge in [0.1, 0.15) is 11.5 Å². The van der Waals surface area contributed by atoms with Crippen LogP contribution in [0.5, 0.6) is 11.5 Å². The average Bonchev–Trinajstić information content (AvgIpc) is 0.683. The van der Waals surface area contributed by atoms with E-state index in [-0.39, 0.29) is 32.0 Å². The van der Waals surface area contributed by atoms with Crippen molar-refractivity contribution in [3.63, 3.8) is 0 Å². The molecule has 0 N–H and O–H groups in total. The number of para-hydroxylation sites is 4. The third-order valence-corrected chi connectivity index (χ3v) is 20.5. The van der Waals surface area contributed by atoms with Crippen LogP contribution in [0.1, 0.15) is 76.0 Å². The predicted molar refractivity (Wildman–Crippen MR) is 405 cm³/mol. The van der Waals surface area contributed by atoms with Crippen molar-refractivity contribution in [2.75, 3.05) is 9.80 Å². The van der Waals surface area contributed by atoms with Gasteiger partial charge in [-0.3, -0.25) is 0 Å². The van der Waals surface area contributed by atoms with Crippen molar-refractivity contribution in [1.82, 2.24) is 0 Å². The van der Waals surface area contributed by atoms with Crippen molar-refractivity contribution in [3.05, 3.63) is 308 Å². The summed E-state index contributed by atoms with van der Waals surface area (Å²) in [5.41, 5.74) is 34.3. The molecule has 0 bridgehead atoms. The molecular weight excluding hydrogens is 1130 g/mol. The van der Waals surface area contributed by atoms with Gasteiger partial charge in [-0.1, -0.05) is 318 Å². The van der Waals surface area contributed by atoms with Crippen LogP contribution in [0.3, 0.4) is 0 Å². The second-order valence-electron chi connectivity index (χ2n) is 26.9. The Labute approximate surface area is 555 Å². The first-order chi connectivity index (χ1) is 46.2. The SMILES string of the molecule is CC(C)c1cc(C(C)C)c(B2c3ccccc3Oc3cc4c(cc32)[B]c2c3c(cc5c2N4c2ccccc2B5c2c(-c4ccccc4)cccc2-c2ccccc2)B(c2c(-c4ccccc4)cccc2-c2ccccc2)c2ccccc2N3c2ccccc2)c(C(C)C)c1. The highest BCUT2D eigenvalue weighted by Crippen LogP contribution is 2.45. The molecular formula is C87H69B4N2O. The van der Waals surface area contributed by atoms with Gasteiger partial charge in [0.25, 0.3) is 6.71 Å². The summed E-state index contributed by atoms with van der Waals surface area (Å²) in [6.45, 7) is 13.6. The van der Waals surface area contributed by atoms with Gasteiger partial charge < -0.3 is 14.5 Å². The minimum atomic E-state index is -0.242. The van der Waals surface area contributed by atoms with Crippen molar-refractivity contribution in [2.45, 2.75) is 59.3 Å². The molecule has 13 aromatic carbocycles. The Kier molecular flexibility index (Phi) is 14.2. The molecule has 0 saturated heterocycles. The van der Waals surface area contributed by atoms with Gasteiger partial charge in [-0.2, -0.15) is 0 Å². The Morgan fingerprint density at radius 1 is 0.309 bits per heavy atom. The van der Waals surface area contributed by atoms with E-state index in [2.05, 4.69) is 350 Å². The van der Waals surface area contributed by atoms with Crippen LogP contribution in [0.25, 0.3) is 44.5 Å². The van der Waals surface area contributed by atoms with Crippen LogP contribution in [0.4, 0.5) is 34.1 Å². The highest BCUT2D eigenvalue weighted by Gasteiger charge is 2.48. The molecule has 4 heterocycles. The van der Waals surface area contributed by atoms with Gasteiger partial charge in [-0.15, -0.1) is 0 Å². The normalized spacial score (nSPS) is 13.1. The van der Waals surface area contributed by atoms with E-state index in [1.165, 1.54) is 127 Å². The van der Waals surface area contributed by atoms with Crippen LogP contribution in [0.2, 0.25) is 0 Å². The summed E-state index contributed by atoms with van der Waals surface area (Å²) >= 11 is 0. The molecule has 94 heavy (non-hydrogen) atoms. The number of benzene rings is 13. The monoisotopic (exact) mass is 1200 g/mol. The maximum absolute atomic E-state index is 7.41.